The van der Waals surface area contributed by atoms with E-state index >= 15 is 0 Å². The van der Waals surface area contributed by atoms with Crippen LogP contribution in [-0.2, 0) is 14.7 Å². The highest BCUT2D eigenvalue weighted by molar-refractivity contribution is 7.46. The molecule has 0 unspecified atom stereocenters. The maximum Gasteiger partial charge on any atom is 0.470 e. The Morgan fingerprint density at radius 3 is 2.59 bits per heavy atom. The monoisotopic (exact) mass is 557 g/mol. The van der Waals surface area contributed by atoms with Crippen LogP contribution < -0.4 is 10.1 Å². The third-order valence-corrected chi connectivity index (χ3v) is 7.56. The van der Waals surface area contributed by atoms with E-state index < -0.39 is 32.0 Å². The van der Waals surface area contributed by atoms with Crippen molar-refractivity contribution in [2.75, 3.05) is 0 Å². The number of carbonyl (C=O) groups is 1. The predicted octanol–water partition coefficient (Wildman–Crippen LogP) is 4.06. The summed E-state index contributed by atoms with van der Waals surface area (Å²) in [6, 6.07) is 7.74. The molecule has 6 rings (SSSR count). The zero-order valence-corrected chi connectivity index (χ0v) is 21.5. The molecule has 1 aliphatic carbocycles. The fourth-order valence-corrected chi connectivity index (χ4v) is 6.03. The summed E-state index contributed by atoms with van der Waals surface area (Å²) in [5.41, 5.74) is 2.59. The van der Waals surface area contributed by atoms with Crippen LogP contribution in [0.15, 0.2) is 48.9 Å². The van der Waals surface area contributed by atoms with Crippen molar-refractivity contribution in [2.45, 2.75) is 44.4 Å². The molecule has 2 bridgehead atoms. The zero-order chi connectivity index (χ0) is 27.7. The summed E-state index contributed by atoms with van der Waals surface area (Å²) in [6.07, 6.45) is 5.30. The first-order valence-corrected chi connectivity index (χ1v) is 13.4. The van der Waals surface area contributed by atoms with Crippen LogP contribution >= 0.6 is 7.82 Å². The van der Waals surface area contributed by atoms with Gasteiger partial charge in [-0.3, -0.25) is 9.32 Å². The number of carbonyl (C=O) groups excluding carboxylic acids is 1. The van der Waals surface area contributed by atoms with E-state index in [9.17, 15) is 27.9 Å². The molecule has 4 aromatic rings. The highest BCUT2D eigenvalue weighted by Gasteiger charge is 2.43. The second-order valence-electron chi connectivity index (χ2n) is 9.83. The molecule has 1 aliphatic heterocycles. The second-order valence-corrected chi connectivity index (χ2v) is 11.0. The van der Waals surface area contributed by atoms with E-state index in [-0.39, 0.29) is 23.0 Å². The van der Waals surface area contributed by atoms with Gasteiger partial charge in [-0.2, -0.15) is 8.78 Å². The van der Waals surface area contributed by atoms with Crippen LogP contribution in [0.3, 0.4) is 0 Å². The number of ether oxygens (including phenoxy) is 1. The van der Waals surface area contributed by atoms with E-state index in [2.05, 4.69) is 15.3 Å². The molecule has 0 saturated carbocycles. The zero-order valence-electron chi connectivity index (χ0n) is 20.6. The van der Waals surface area contributed by atoms with E-state index in [1.807, 2.05) is 16.7 Å². The summed E-state index contributed by atoms with van der Waals surface area (Å²) in [5, 5.41) is 2.96. The smallest absolute Gasteiger partial charge is 0.434 e. The first-order chi connectivity index (χ1) is 18.4. The minimum atomic E-state index is -4.77. The Balaban J connectivity index is 1.43. The number of hydrogen-bond donors (Lipinski definition) is 3. The third kappa shape index (κ3) is 4.47. The number of phosphoric acid groups is 1. The van der Waals surface area contributed by atoms with Crippen molar-refractivity contribution in [1.29, 1.82) is 0 Å². The SMILES string of the molecule is CC(C)(OP(=O)(O)O)c1ncc(-c2ccc3nc4c(n3c2)[C@@H]2C[C@H]4NC(=O)c3cccc(OC(F)F)c32)cn1. The number of amides is 1. The summed E-state index contributed by atoms with van der Waals surface area (Å²) in [6.45, 7) is -0.149. The molecule has 0 fully saturated rings. The third-order valence-electron chi connectivity index (χ3n) is 6.87. The van der Waals surface area contributed by atoms with Crippen LogP contribution in [0.1, 0.15) is 65.4 Å². The van der Waals surface area contributed by atoms with Gasteiger partial charge in [0.15, 0.2) is 5.82 Å². The summed E-state index contributed by atoms with van der Waals surface area (Å²) < 4.78 is 49.3. The number of pyridine rings is 1. The molecule has 39 heavy (non-hydrogen) atoms. The number of halogens is 2. The van der Waals surface area contributed by atoms with Crippen LogP contribution in [0.2, 0.25) is 0 Å². The van der Waals surface area contributed by atoms with Gasteiger partial charge in [0.05, 0.1) is 17.4 Å². The summed E-state index contributed by atoms with van der Waals surface area (Å²) >= 11 is 0. The van der Waals surface area contributed by atoms with E-state index in [0.29, 0.717) is 34.5 Å². The molecule has 0 spiro atoms. The molecule has 1 amide bonds. The van der Waals surface area contributed by atoms with Crippen molar-refractivity contribution in [2.24, 2.45) is 0 Å². The largest absolute Gasteiger partial charge is 0.470 e. The molecule has 11 nitrogen and oxygen atoms in total. The molecular weight excluding hydrogens is 535 g/mol. The highest BCUT2D eigenvalue weighted by Crippen LogP contribution is 2.50. The van der Waals surface area contributed by atoms with Crippen molar-refractivity contribution >= 4 is 19.4 Å². The normalized spacial score (nSPS) is 18.6. The Morgan fingerprint density at radius 2 is 1.90 bits per heavy atom. The van der Waals surface area contributed by atoms with Gasteiger partial charge in [0.2, 0.25) is 0 Å². The van der Waals surface area contributed by atoms with Crippen molar-refractivity contribution in [3.05, 3.63) is 77.3 Å². The molecule has 14 heteroatoms. The Morgan fingerprint density at radius 1 is 1.15 bits per heavy atom. The number of nitrogens with one attached hydrogen (secondary N) is 1. The fourth-order valence-electron chi connectivity index (χ4n) is 5.36. The standard InChI is InChI=1S/C25H22F2N5O6P/c1-25(2,38-39(34,35)36)23-28-9-13(10-29-23)12-6-7-18-31-20-16-8-15(21(20)32(18)11-12)19-14(22(33)30-16)4-3-5-17(19)37-24(26)27/h3-7,9-11,15-16,24H,8H2,1-2H3,(H,30,33)(H2,34,35,36)/t15-,16-/m1/s1. The minimum Gasteiger partial charge on any atom is -0.434 e. The van der Waals surface area contributed by atoms with E-state index in [4.69, 9.17) is 14.2 Å². The van der Waals surface area contributed by atoms with E-state index in [0.717, 1.165) is 5.69 Å². The average Bonchev–Trinajstić information content (AvgIpc) is 3.34. The number of phosphoric ester groups is 1. The Bertz CT molecular complexity index is 1670. The highest BCUT2D eigenvalue weighted by atomic mass is 31.2. The van der Waals surface area contributed by atoms with Crippen LogP contribution in [0, 0.1) is 0 Å². The average molecular weight is 557 g/mol. The molecule has 3 aromatic heterocycles. The molecule has 4 heterocycles. The van der Waals surface area contributed by atoms with Crippen molar-refractivity contribution < 1.29 is 37.2 Å². The number of aromatic nitrogens is 4. The van der Waals surface area contributed by atoms with Gasteiger partial charge in [-0.25, -0.2) is 19.5 Å². The van der Waals surface area contributed by atoms with Crippen LogP contribution in [0.25, 0.3) is 16.8 Å². The van der Waals surface area contributed by atoms with Crippen LogP contribution in [0.5, 0.6) is 5.75 Å². The number of alkyl halides is 2. The van der Waals surface area contributed by atoms with Gasteiger partial charge in [-0.15, -0.1) is 0 Å². The molecule has 0 saturated heterocycles. The Labute approximate surface area is 220 Å². The van der Waals surface area contributed by atoms with Gasteiger partial charge in [0.25, 0.3) is 5.91 Å². The maximum atomic E-state index is 13.2. The predicted molar refractivity (Wildman–Crippen MR) is 132 cm³/mol. The molecule has 202 valence electrons. The lowest BCUT2D eigenvalue weighted by atomic mass is 9.91. The molecule has 2 aliphatic rings. The van der Waals surface area contributed by atoms with Gasteiger partial charge in [0.1, 0.15) is 17.0 Å². The molecule has 3 N–H and O–H groups in total. The number of nitrogens with zero attached hydrogens (tertiary/aromatic N) is 4. The first-order valence-electron chi connectivity index (χ1n) is 11.9. The van der Waals surface area contributed by atoms with Gasteiger partial charge in [0, 0.05) is 46.8 Å². The number of rotatable bonds is 6. The van der Waals surface area contributed by atoms with E-state index in [1.54, 1.807) is 12.1 Å². The quantitative estimate of drug-likeness (QED) is 0.299. The van der Waals surface area contributed by atoms with Crippen molar-refractivity contribution in [1.82, 2.24) is 24.7 Å². The van der Waals surface area contributed by atoms with E-state index in [1.165, 1.54) is 38.4 Å². The number of imidazole rings is 1. The number of benzene rings is 1. The fraction of sp³-hybridized carbons (Fsp3) is 0.280. The Hall–Kier alpha value is -3.77. The lowest BCUT2D eigenvalue weighted by Gasteiger charge is -2.23. The summed E-state index contributed by atoms with van der Waals surface area (Å²) in [7, 11) is -4.77. The van der Waals surface area contributed by atoms with Gasteiger partial charge in [-0.1, -0.05) is 6.07 Å². The second kappa shape index (κ2) is 8.88. The number of hydrogen-bond acceptors (Lipinski definition) is 7. The van der Waals surface area contributed by atoms with Crippen LogP contribution in [0.4, 0.5) is 8.78 Å². The topological polar surface area (TPSA) is 148 Å². The Kier molecular flexibility index (Phi) is 5.81. The van der Waals surface area contributed by atoms with Crippen LogP contribution in [-0.4, -0.2) is 41.7 Å². The lowest BCUT2D eigenvalue weighted by molar-refractivity contribution is -0.0506. The molecule has 1 aromatic carbocycles. The maximum absolute atomic E-state index is 13.2. The first kappa shape index (κ1) is 25.5. The lowest BCUT2D eigenvalue weighted by Crippen LogP contribution is -2.27. The molecule has 0 radical (unpaired) electrons. The summed E-state index contributed by atoms with van der Waals surface area (Å²) in [5.74, 6) is -0.763. The van der Waals surface area contributed by atoms with Crippen molar-refractivity contribution in [3.63, 3.8) is 0 Å². The van der Waals surface area contributed by atoms with Gasteiger partial charge < -0.3 is 24.2 Å². The van der Waals surface area contributed by atoms with Gasteiger partial charge in [-0.05, 0) is 44.5 Å². The summed E-state index contributed by atoms with van der Waals surface area (Å²) in [4.78, 5) is 44.5. The minimum absolute atomic E-state index is 0.0496. The van der Waals surface area contributed by atoms with Crippen molar-refractivity contribution in [3.8, 4) is 16.9 Å². The molecule has 2 atom stereocenters. The number of fused-ring (bicyclic) bond motifs is 9. The van der Waals surface area contributed by atoms with Gasteiger partial charge >= 0.3 is 14.4 Å². The molecular formula is C25H22F2N5O6P.